The Kier molecular flexibility index (Phi) is 9.71. The van der Waals surface area contributed by atoms with E-state index in [0.717, 1.165) is 12.8 Å². The number of rotatable bonds is 13. The van der Waals surface area contributed by atoms with Gasteiger partial charge in [-0.2, -0.15) is 0 Å². The Morgan fingerprint density at radius 2 is 1.67 bits per heavy atom. The first-order chi connectivity index (χ1) is 14.4. The first-order valence-electron chi connectivity index (χ1n) is 11.0. The molecule has 0 N–H and O–H groups in total. The van der Waals surface area contributed by atoms with Gasteiger partial charge in [0.25, 0.3) is 5.75 Å². The van der Waals surface area contributed by atoms with Crippen LogP contribution in [0.1, 0.15) is 79.1 Å². The summed E-state index contributed by atoms with van der Waals surface area (Å²) in [5.41, 5.74) is -0.423. The van der Waals surface area contributed by atoms with Crippen molar-refractivity contribution in [2.45, 2.75) is 85.2 Å². The zero-order valence-corrected chi connectivity index (χ0v) is 18.6. The normalized spacial score (nSPS) is 11.1. The fourth-order valence-electron chi connectivity index (χ4n) is 3.29. The quantitative estimate of drug-likeness (QED) is 0.225. The lowest BCUT2D eigenvalue weighted by Gasteiger charge is -2.17. The Balaban J connectivity index is 2.14. The van der Waals surface area contributed by atoms with Gasteiger partial charge in [0.15, 0.2) is 5.75 Å². The van der Waals surface area contributed by atoms with Crippen LogP contribution in [0.25, 0.3) is 11.0 Å². The van der Waals surface area contributed by atoms with Gasteiger partial charge in [-0.3, -0.25) is 4.79 Å². The highest BCUT2D eigenvalue weighted by Crippen LogP contribution is 2.39. The summed E-state index contributed by atoms with van der Waals surface area (Å²) in [5.74, 6) is -0.138. The summed E-state index contributed by atoms with van der Waals surface area (Å²) in [7, 11) is 0. The minimum atomic E-state index is -0.756. The first-order valence-corrected chi connectivity index (χ1v) is 11.0. The van der Waals surface area contributed by atoms with Gasteiger partial charge in [0.05, 0.1) is 12.7 Å². The molecule has 1 heterocycles. The van der Waals surface area contributed by atoms with E-state index in [2.05, 4.69) is 6.92 Å². The fraction of sp³-hybridized carbons (Fsp3) is 0.583. The van der Waals surface area contributed by atoms with Gasteiger partial charge in [-0.1, -0.05) is 57.9 Å². The fourth-order valence-corrected chi connectivity index (χ4v) is 3.29. The summed E-state index contributed by atoms with van der Waals surface area (Å²) < 4.78 is 22.3. The molecule has 0 aliphatic carbocycles. The van der Waals surface area contributed by atoms with Crippen LogP contribution in [0.3, 0.4) is 0 Å². The molecule has 0 aliphatic rings. The number of hydrogen-bond donors (Lipinski definition) is 0. The Bertz CT molecular complexity index is 868. The standard InChI is InChI=1S/C24H34O6/c1-5-6-7-8-9-10-11-12-16-27-19-14-13-15-20-21(19)22(28-17(2)3)23(24(26)30-20)29-18(4)25/h13-15,17H,5-12,16H2,1-4H3. The number of carbonyl (C=O) groups excluding carboxylic acids is 1. The maximum absolute atomic E-state index is 12.3. The van der Waals surface area contributed by atoms with Crippen molar-refractivity contribution in [1.82, 2.24) is 0 Å². The largest absolute Gasteiger partial charge is 0.493 e. The van der Waals surface area contributed by atoms with Gasteiger partial charge >= 0.3 is 11.6 Å². The van der Waals surface area contributed by atoms with E-state index in [4.69, 9.17) is 18.6 Å². The number of fused-ring (bicyclic) bond motifs is 1. The Labute approximate surface area is 178 Å². The second-order valence-electron chi connectivity index (χ2n) is 7.76. The third-order valence-electron chi connectivity index (χ3n) is 4.66. The maximum Gasteiger partial charge on any atom is 0.383 e. The molecule has 0 aliphatic heterocycles. The SMILES string of the molecule is CCCCCCCCCCOc1cccc2oc(=O)c(OC(C)=O)c(OC(C)C)c12. The number of benzene rings is 1. The van der Waals surface area contributed by atoms with Crippen molar-refractivity contribution in [2.24, 2.45) is 0 Å². The van der Waals surface area contributed by atoms with Crippen molar-refractivity contribution in [3.63, 3.8) is 0 Å². The summed E-state index contributed by atoms with van der Waals surface area (Å²) in [5, 5.41) is 0.501. The predicted octanol–water partition coefficient (Wildman–Crippen LogP) is 6.03. The average molecular weight is 419 g/mol. The molecule has 0 unspecified atom stereocenters. The third kappa shape index (κ3) is 7.08. The molecule has 6 heteroatoms. The molecule has 0 amide bonds. The van der Waals surface area contributed by atoms with Crippen LogP contribution in [-0.2, 0) is 4.79 Å². The molecule has 0 saturated carbocycles. The summed E-state index contributed by atoms with van der Waals surface area (Å²) in [6.07, 6.45) is 9.48. The lowest BCUT2D eigenvalue weighted by atomic mass is 10.1. The highest BCUT2D eigenvalue weighted by atomic mass is 16.6. The van der Waals surface area contributed by atoms with Gasteiger partial charge in [-0.05, 0) is 32.4 Å². The van der Waals surface area contributed by atoms with E-state index in [0.29, 0.717) is 23.3 Å². The third-order valence-corrected chi connectivity index (χ3v) is 4.66. The minimum absolute atomic E-state index is 0.179. The van der Waals surface area contributed by atoms with Crippen LogP contribution >= 0.6 is 0 Å². The zero-order valence-electron chi connectivity index (χ0n) is 18.6. The number of carbonyl (C=O) groups is 1. The van der Waals surface area contributed by atoms with Crippen molar-refractivity contribution >= 4 is 16.9 Å². The van der Waals surface area contributed by atoms with Crippen molar-refractivity contribution in [2.75, 3.05) is 6.61 Å². The molecule has 166 valence electrons. The van der Waals surface area contributed by atoms with Crippen LogP contribution in [-0.4, -0.2) is 18.7 Å². The Hall–Kier alpha value is -2.50. The van der Waals surface area contributed by atoms with Crippen LogP contribution in [0.15, 0.2) is 27.4 Å². The molecular weight excluding hydrogens is 384 g/mol. The molecule has 2 aromatic rings. The molecule has 0 radical (unpaired) electrons. The van der Waals surface area contributed by atoms with Crippen LogP contribution in [0.2, 0.25) is 0 Å². The van der Waals surface area contributed by atoms with Gasteiger partial charge in [-0.25, -0.2) is 4.79 Å². The first kappa shape index (κ1) is 23.8. The molecule has 6 nitrogen and oxygen atoms in total. The van der Waals surface area contributed by atoms with Crippen molar-refractivity contribution in [3.05, 3.63) is 28.6 Å². The van der Waals surface area contributed by atoms with E-state index in [9.17, 15) is 9.59 Å². The molecule has 0 bridgehead atoms. The monoisotopic (exact) mass is 418 g/mol. The van der Waals surface area contributed by atoms with Crippen LogP contribution < -0.4 is 19.8 Å². The second kappa shape index (κ2) is 12.3. The highest BCUT2D eigenvalue weighted by molar-refractivity contribution is 5.92. The average Bonchev–Trinajstić information content (AvgIpc) is 2.68. The number of esters is 1. The van der Waals surface area contributed by atoms with E-state index in [1.165, 1.54) is 45.4 Å². The second-order valence-corrected chi connectivity index (χ2v) is 7.76. The summed E-state index contributed by atoms with van der Waals surface area (Å²) in [4.78, 5) is 23.8. The maximum atomic E-state index is 12.3. The zero-order chi connectivity index (χ0) is 21.9. The summed E-state index contributed by atoms with van der Waals surface area (Å²) in [6.45, 7) is 7.68. The topological polar surface area (TPSA) is 75.0 Å². The van der Waals surface area contributed by atoms with E-state index in [-0.39, 0.29) is 17.6 Å². The lowest BCUT2D eigenvalue weighted by Crippen LogP contribution is -2.16. The molecule has 0 atom stereocenters. The minimum Gasteiger partial charge on any atom is -0.493 e. The molecule has 30 heavy (non-hydrogen) atoms. The van der Waals surface area contributed by atoms with Gasteiger partial charge in [-0.15, -0.1) is 0 Å². The Morgan fingerprint density at radius 3 is 2.30 bits per heavy atom. The van der Waals surface area contributed by atoms with E-state index >= 15 is 0 Å². The Morgan fingerprint density at radius 1 is 1.00 bits per heavy atom. The molecule has 0 fully saturated rings. The lowest BCUT2D eigenvalue weighted by molar-refractivity contribution is -0.132. The van der Waals surface area contributed by atoms with Gasteiger partial charge in [0.2, 0.25) is 0 Å². The number of ether oxygens (including phenoxy) is 3. The molecule has 0 spiro atoms. The molecule has 1 aromatic carbocycles. The van der Waals surface area contributed by atoms with Crippen molar-refractivity contribution in [1.29, 1.82) is 0 Å². The van der Waals surface area contributed by atoms with E-state index in [1.54, 1.807) is 18.2 Å². The van der Waals surface area contributed by atoms with Crippen LogP contribution in [0.4, 0.5) is 0 Å². The number of hydrogen-bond acceptors (Lipinski definition) is 6. The van der Waals surface area contributed by atoms with Gasteiger partial charge in [0.1, 0.15) is 16.7 Å². The summed E-state index contributed by atoms with van der Waals surface area (Å²) >= 11 is 0. The highest BCUT2D eigenvalue weighted by Gasteiger charge is 2.23. The molecule has 1 aromatic heterocycles. The van der Waals surface area contributed by atoms with Crippen molar-refractivity contribution < 1.29 is 23.4 Å². The van der Waals surface area contributed by atoms with E-state index < -0.39 is 11.6 Å². The molecule has 2 rings (SSSR count). The van der Waals surface area contributed by atoms with Crippen LogP contribution in [0, 0.1) is 0 Å². The number of unbranched alkanes of at least 4 members (excludes halogenated alkanes) is 7. The van der Waals surface area contributed by atoms with E-state index in [1.807, 2.05) is 13.8 Å². The van der Waals surface area contributed by atoms with Crippen molar-refractivity contribution in [3.8, 4) is 17.2 Å². The summed E-state index contributed by atoms with van der Waals surface area (Å²) in [6, 6.07) is 5.24. The van der Waals surface area contributed by atoms with Gasteiger partial charge < -0.3 is 18.6 Å². The van der Waals surface area contributed by atoms with Crippen LogP contribution in [0.5, 0.6) is 17.2 Å². The smallest absolute Gasteiger partial charge is 0.383 e. The predicted molar refractivity (Wildman–Crippen MR) is 118 cm³/mol. The van der Waals surface area contributed by atoms with Gasteiger partial charge in [0, 0.05) is 6.92 Å². The molecule has 0 saturated heterocycles. The molecular formula is C24H34O6.